The average molecular weight is 732 g/mol. The molecule has 0 unspecified atom stereocenters. The van der Waals surface area contributed by atoms with Gasteiger partial charge in [-0.3, -0.25) is 0 Å². The summed E-state index contributed by atoms with van der Waals surface area (Å²) in [6.45, 7) is 4.69. The molecule has 3 aromatic heterocycles. The summed E-state index contributed by atoms with van der Waals surface area (Å²) in [5.41, 5.74) is 14.5. The Hall–Kier alpha value is -7.37. The summed E-state index contributed by atoms with van der Waals surface area (Å²) < 4.78 is 4.81. The Bertz CT molecular complexity index is 3040. The van der Waals surface area contributed by atoms with E-state index in [4.69, 9.17) is 15.0 Å². The van der Waals surface area contributed by atoms with Crippen LogP contribution in [-0.4, -0.2) is 24.1 Å². The molecular weight excluding hydrogens is 695 g/mol. The number of rotatable bonds is 6. The predicted molar refractivity (Wildman–Crippen MR) is 233 cm³/mol. The third-order valence-electron chi connectivity index (χ3n) is 11.5. The molecule has 0 saturated carbocycles. The van der Waals surface area contributed by atoms with Gasteiger partial charge in [-0.05, 0) is 76.3 Å². The second-order valence-electron chi connectivity index (χ2n) is 15.3. The largest absolute Gasteiger partial charge is 0.318 e. The van der Waals surface area contributed by atoms with Crippen molar-refractivity contribution in [2.24, 2.45) is 0 Å². The van der Waals surface area contributed by atoms with E-state index in [2.05, 4.69) is 199 Å². The van der Waals surface area contributed by atoms with Gasteiger partial charge in [0.05, 0.1) is 22.4 Å². The molecule has 57 heavy (non-hydrogen) atoms. The molecule has 0 bridgehead atoms. The predicted octanol–water partition coefficient (Wildman–Crippen LogP) is 12.7. The van der Waals surface area contributed by atoms with E-state index in [1.807, 2.05) is 12.1 Å². The lowest BCUT2D eigenvalue weighted by Gasteiger charge is -2.34. The van der Waals surface area contributed by atoms with Crippen LogP contribution in [-0.2, 0) is 5.41 Å². The Labute approximate surface area is 331 Å². The normalized spacial score (nSPS) is 12.9. The van der Waals surface area contributed by atoms with Crippen molar-refractivity contribution in [2.75, 3.05) is 0 Å². The Morgan fingerprint density at radius 1 is 0.421 bits per heavy atom. The van der Waals surface area contributed by atoms with Gasteiger partial charge in [-0.15, -0.1) is 0 Å². The van der Waals surface area contributed by atoms with Crippen LogP contribution in [0.25, 0.3) is 89.6 Å². The third-order valence-corrected chi connectivity index (χ3v) is 11.5. The molecule has 0 fully saturated rings. The van der Waals surface area contributed by atoms with Crippen molar-refractivity contribution >= 4 is 21.8 Å². The van der Waals surface area contributed by atoms with Crippen molar-refractivity contribution in [3.05, 3.63) is 199 Å². The fraction of sp³-hybridized carbons (Fsp3) is 0.0577. The van der Waals surface area contributed by atoms with Gasteiger partial charge in [-0.1, -0.05) is 147 Å². The maximum absolute atomic E-state index is 5.22. The SMILES string of the molecule is CC1(C)c2cccc3c4cc(-c5nc(-c6cccc(-c7ccccc7)c6)nc(-c6cccc(-c7ccccc7)c6)n5)ccc4n(c23)-c2ccn(-c3ccccc3)c21. The van der Waals surface area contributed by atoms with Crippen molar-refractivity contribution in [3.63, 3.8) is 0 Å². The van der Waals surface area contributed by atoms with E-state index < -0.39 is 0 Å². The number of fused-ring (bicyclic) bond motifs is 5. The number of hydrogen-bond donors (Lipinski definition) is 0. The highest BCUT2D eigenvalue weighted by atomic mass is 15.1. The van der Waals surface area contributed by atoms with Crippen LogP contribution in [0, 0.1) is 0 Å². The molecule has 0 atom stereocenters. The number of para-hydroxylation sites is 2. The number of aromatic nitrogens is 5. The monoisotopic (exact) mass is 731 g/mol. The molecule has 5 heteroatoms. The van der Waals surface area contributed by atoms with Crippen molar-refractivity contribution in [1.82, 2.24) is 24.1 Å². The molecular formula is C52H37N5. The van der Waals surface area contributed by atoms with E-state index >= 15 is 0 Å². The van der Waals surface area contributed by atoms with Crippen molar-refractivity contribution in [1.29, 1.82) is 0 Å². The summed E-state index contributed by atoms with van der Waals surface area (Å²) in [6.07, 6.45) is 2.22. The molecule has 0 aliphatic carbocycles. The lowest BCUT2D eigenvalue weighted by molar-refractivity contribution is 0.593. The van der Waals surface area contributed by atoms with Gasteiger partial charge in [0.25, 0.3) is 0 Å². The summed E-state index contributed by atoms with van der Waals surface area (Å²) in [5, 5.41) is 2.39. The average Bonchev–Trinajstić information content (AvgIpc) is 3.87. The van der Waals surface area contributed by atoms with Gasteiger partial charge in [-0.2, -0.15) is 0 Å². The van der Waals surface area contributed by atoms with E-state index in [-0.39, 0.29) is 5.41 Å². The lowest BCUT2D eigenvalue weighted by atomic mass is 9.78. The minimum absolute atomic E-state index is 0.234. The van der Waals surface area contributed by atoms with Crippen LogP contribution in [0.4, 0.5) is 0 Å². The number of nitrogens with zero attached hydrogens (tertiary/aromatic N) is 5. The zero-order chi connectivity index (χ0) is 38.1. The van der Waals surface area contributed by atoms with Gasteiger partial charge in [0, 0.05) is 44.8 Å². The first-order chi connectivity index (χ1) is 28.0. The zero-order valence-electron chi connectivity index (χ0n) is 31.6. The number of hydrogen-bond acceptors (Lipinski definition) is 3. The molecule has 0 N–H and O–H groups in total. The van der Waals surface area contributed by atoms with E-state index in [0.717, 1.165) is 50.1 Å². The molecule has 11 rings (SSSR count). The minimum atomic E-state index is -0.234. The van der Waals surface area contributed by atoms with E-state index in [0.29, 0.717) is 17.5 Å². The molecule has 1 aliphatic heterocycles. The third kappa shape index (κ3) is 5.35. The minimum Gasteiger partial charge on any atom is -0.318 e. The first-order valence-electron chi connectivity index (χ1n) is 19.4. The smallest absolute Gasteiger partial charge is 0.164 e. The highest BCUT2D eigenvalue weighted by molar-refractivity contribution is 6.12. The molecule has 5 nitrogen and oxygen atoms in total. The molecule has 1 aliphatic rings. The van der Waals surface area contributed by atoms with Gasteiger partial charge in [0.2, 0.25) is 0 Å². The lowest BCUT2D eigenvalue weighted by Crippen LogP contribution is -2.28. The molecule has 7 aromatic carbocycles. The molecule has 0 radical (unpaired) electrons. The first kappa shape index (κ1) is 33.0. The molecule has 0 spiro atoms. The van der Waals surface area contributed by atoms with Crippen molar-refractivity contribution in [3.8, 4) is 67.8 Å². The number of benzene rings is 7. The summed E-state index contributed by atoms with van der Waals surface area (Å²) in [7, 11) is 0. The summed E-state index contributed by atoms with van der Waals surface area (Å²) in [5.74, 6) is 1.90. The van der Waals surface area contributed by atoms with Gasteiger partial charge in [0.15, 0.2) is 17.5 Å². The Kier molecular flexibility index (Phi) is 7.45. The van der Waals surface area contributed by atoms with Crippen LogP contribution in [0.1, 0.15) is 25.1 Å². The zero-order valence-corrected chi connectivity index (χ0v) is 31.6. The maximum atomic E-state index is 5.22. The molecule has 4 heterocycles. The molecule has 270 valence electrons. The standard InChI is InChI=1S/C52H37N5/c1-52(2)44-26-14-25-42-43-33-40(27-28-45(43)57(47(42)44)46-29-30-56(48(46)52)41-23-10-5-11-24-41)51-54-49(38-21-12-19-36(31-38)34-15-6-3-7-16-34)53-50(55-51)39-22-13-20-37(32-39)35-17-8-4-9-18-35/h3-33H,1-2H3. The topological polar surface area (TPSA) is 48.5 Å². The first-order valence-corrected chi connectivity index (χ1v) is 19.4. The fourth-order valence-electron chi connectivity index (χ4n) is 8.82. The van der Waals surface area contributed by atoms with Gasteiger partial charge >= 0.3 is 0 Å². The molecule has 10 aromatic rings. The molecule has 0 saturated heterocycles. The summed E-state index contributed by atoms with van der Waals surface area (Å²) in [6, 6.07) is 64.2. The Morgan fingerprint density at radius 3 is 1.53 bits per heavy atom. The summed E-state index contributed by atoms with van der Waals surface area (Å²) >= 11 is 0. The van der Waals surface area contributed by atoms with Gasteiger partial charge < -0.3 is 9.13 Å². The van der Waals surface area contributed by atoms with Crippen LogP contribution >= 0.6 is 0 Å². The second kappa shape index (κ2) is 12.9. The summed E-state index contributed by atoms with van der Waals surface area (Å²) in [4.78, 5) is 15.6. The highest BCUT2D eigenvalue weighted by Gasteiger charge is 2.38. The Balaban J connectivity index is 1.11. The van der Waals surface area contributed by atoms with E-state index in [1.165, 1.54) is 33.2 Å². The van der Waals surface area contributed by atoms with Crippen LogP contribution in [0.2, 0.25) is 0 Å². The fourth-order valence-corrected chi connectivity index (χ4v) is 8.82. The van der Waals surface area contributed by atoms with Crippen molar-refractivity contribution in [2.45, 2.75) is 19.3 Å². The van der Waals surface area contributed by atoms with Crippen LogP contribution in [0.15, 0.2) is 188 Å². The van der Waals surface area contributed by atoms with E-state index in [9.17, 15) is 0 Å². The van der Waals surface area contributed by atoms with Crippen LogP contribution in [0.5, 0.6) is 0 Å². The molecule has 0 amide bonds. The van der Waals surface area contributed by atoms with Gasteiger partial charge in [0.1, 0.15) is 0 Å². The maximum Gasteiger partial charge on any atom is 0.164 e. The van der Waals surface area contributed by atoms with Gasteiger partial charge in [-0.25, -0.2) is 15.0 Å². The Morgan fingerprint density at radius 2 is 0.930 bits per heavy atom. The van der Waals surface area contributed by atoms with E-state index in [1.54, 1.807) is 0 Å². The highest BCUT2D eigenvalue weighted by Crippen LogP contribution is 2.49. The van der Waals surface area contributed by atoms with Crippen LogP contribution in [0.3, 0.4) is 0 Å². The van der Waals surface area contributed by atoms with Crippen LogP contribution < -0.4 is 0 Å². The van der Waals surface area contributed by atoms with Crippen molar-refractivity contribution < 1.29 is 0 Å². The quantitative estimate of drug-likeness (QED) is 0.171. The second-order valence-corrected chi connectivity index (χ2v) is 15.3.